The molecule has 1 fully saturated rings. The number of hydrogen-bond donors (Lipinski definition) is 2. The van der Waals surface area contributed by atoms with Crippen LogP contribution in [0.15, 0.2) is 0 Å². The first-order valence-electron chi connectivity index (χ1n) is 11.9. The maximum absolute atomic E-state index is 12.6. The van der Waals surface area contributed by atoms with Crippen LogP contribution in [0.2, 0.25) is 36.3 Å². The van der Waals surface area contributed by atoms with Crippen molar-refractivity contribution in [3.8, 4) is 0 Å². The third-order valence-corrected chi connectivity index (χ3v) is 16.4. The normalized spacial score (nSPS) is 28.5. The Morgan fingerprint density at radius 1 is 0.906 bits per heavy atom. The number of rotatable bonds is 6. The Morgan fingerprint density at radius 3 is 1.75 bits per heavy atom. The number of hydrogen-bond acceptors (Lipinski definition) is 6. The summed E-state index contributed by atoms with van der Waals surface area (Å²) in [5, 5.41) is 22.8. The second kappa shape index (κ2) is 9.42. The highest BCUT2D eigenvalue weighted by Crippen LogP contribution is 2.44. The minimum Gasteiger partial charge on any atom is -0.460 e. The highest BCUT2D eigenvalue weighted by atomic mass is 28.4. The number of aliphatic hydroxyl groups is 2. The molecule has 8 heteroatoms. The number of ether oxygens (including phenoxy) is 1. The largest absolute Gasteiger partial charge is 0.460 e. The van der Waals surface area contributed by atoms with Crippen LogP contribution in [-0.2, 0) is 18.4 Å². The van der Waals surface area contributed by atoms with E-state index in [1.54, 1.807) is 20.8 Å². The van der Waals surface area contributed by atoms with Crippen molar-refractivity contribution in [1.82, 2.24) is 0 Å². The maximum Gasteiger partial charge on any atom is 0.309 e. The lowest BCUT2D eigenvalue weighted by Crippen LogP contribution is -2.62. The summed E-state index contributed by atoms with van der Waals surface area (Å²) < 4.78 is 18.7. The molecule has 6 nitrogen and oxygen atoms in total. The third-order valence-electron chi connectivity index (χ3n) is 7.37. The first kappa shape index (κ1) is 29.8. The van der Waals surface area contributed by atoms with Crippen molar-refractivity contribution in [1.29, 1.82) is 0 Å². The molecule has 0 radical (unpaired) electrons. The molecule has 32 heavy (non-hydrogen) atoms. The van der Waals surface area contributed by atoms with Crippen molar-refractivity contribution in [2.45, 2.75) is 147 Å². The van der Waals surface area contributed by atoms with Gasteiger partial charge in [0.25, 0.3) is 0 Å². The minimum absolute atomic E-state index is 0.00211. The minimum atomic E-state index is -2.23. The lowest BCUT2D eigenvalue weighted by Gasteiger charge is -2.50. The number of aliphatic hydroxyl groups excluding tert-OH is 1. The fraction of sp³-hybridized carbons (Fsp3) is 0.958. The second-order valence-electron chi connectivity index (χ2n) is 13.7. The summed E-state index contributed by atoms with van der Waals surface area (Å²) in [6.45, 7) is 26.9. The molecular formula is C24H50O6Si2. The van der Waals surface area contributed by atoms with Crippen LogP contribution in [0.25, 0.3) is 0 Å². The fourth-order valence-corrected chi connectivity index (χ4v) is 6.19. The first-order valence-corrected chi connectivity index (χ1v) is 17.7. The van der Waals surface area contributed by atoms with Crippen molar-refractivity contribution < 1.29 is 28.6 Å². The highest BCUT2D eigenvalue weighted by Gasteiger charge is 2.53. The molecule has 0 saturated heterocycles. The number of esters is 1. The van der Waals surface area contributed by atoms with Crippen LogP contribution in [0.1, 0.15) is 81.6 Å². The summed E-state index contributed by atoms with van der Waals surface area (Å²) >= 11 is 0. The molecule has 0 aromatic rings. The van der Waals surface area contributed by atoms with E-state index in [1.165, 1.54) is 0 Å². The van der Waals surface area contributed by atoms with Crippen molar-refractivity contribution in [2.75, 3.05) is 0 Å². The summed E-state index contributed by atoms with van der Waals surface area (Å²) in [4.78, 5) is 12.6. The van der Waals surface area contributed by atoms with Crippen LogP contribution in [0.3, 0.4) is 0 Å². The number of carbonyl (C=O) groups is 1. The van der Waals surface area contributed by atoms with Crippen LogP contribution < -0.4 is 0 Å². The Bertz CT molecular complexity index is 657. The zero-order valence-corrected chi connectivity index (χ0v) is 24.9. The Morgan fingerprint density at radius 2 is 1.34 bits per heavy atom. The van der Waals surface area contributed by atoms with Crippen molar-refractivity contribution >= 4 is 22.6 Å². The summed E-state index contributed by atoms with van der Waals surface area (Å²) in [5.74, 6) is -0.530. The lowest BCUT2D eigenvalue weighted by molar-refractivity contribution is -0.189. The van der Waals surface area contributed by atoms with E-state index >= 15 is 0 Å². The topological polar surface area (TPSA) is 85.2 Å². The average Bonchev–Trinajstić information content (AvgIpc) is 2.46. The van der Waals surface area contributed by atoms with Gasteiger partial charge in [-0.05, 0) is 57.0 Å². The van der Waals surface area contributed by atoms with Crippen LogP contribution in [-0.4, -0.2) is 62.3 Å². The zero-order chi connectivity index (χ0) is 25.6. The molecule has 0 aliphatic heterocycles. The summed E-state index contributed by atoms with van der Waals surface area (Å²) in [5.41, 5.74) is -2.33. The molecule has 190 valence electrons. The van der Waals surface area contributed by atoms with Gasteiger partial charge in [0.15, 0.2) is 16.6 Å². The Labute approximate surface area is 198 Å². The van der Waals surface area contributed by atoms with E-state index in [1.807, 2.05) is 0 Å². The predicted molar refractivity (Wildman–Crippen MR) is 135 cm³/mol. The Balaban J connectivity index is 3.26. The van der Waals surface area contributed by atoms with Gasteiger partial charge >= 0.3 is 5.97 Å². The van der Waals surface area contributed by atoms with Gasteiger partial charge < -0.3 is 23.8 Å². The van der Waals surface area contributed by atoms with Crippen LogP contribution in [0.5, 0.6) is 0 Å². The SMILES string of the molecule is CC(C)(C)OC(=O)CC1(O)C[C@@H](O[Si](C)(C)C(C)(C)C)C[C@H](O[Si](C)(C)C(C)(C)C)[C@@H]1O. The first-order chi connectivity index (χ1) is 13.9. The van der Waals surface area contributed by atoms with E-state index in [2.05, 4.69) is 67.7 Å². The van der Waals surface area contributed by atoms with Crippen LogP contribution in [0.4, 0.5) is 0 Å². The molecule has 1 aliphatic rings. The smallest absolute Gasteiger partial charge is 0.309 e. The lowest BCUT2D eigenvalue weighted by atomic mass is 9.77. The van der Waals surface area contributed by atoms with Gasteiger partial charge in [-0.1, -0.05) is 41.5 Å². The molecule has 0 heterocycles. The molecule has 0 bridgehead atoms. The second-order valence-corrected chi connectivity index (χ2v) is 23.2. The van der Waals surface area contributed by atoms with E-state index in [0.29, 0.717) is 6.42 Å². The standard InChI is InChI=1S/C24H50O6Si2/c1-21(2,3)28-19(25)16-24(27)15-17(29-31(10,11)22(4,5)6)14-18(20(24)26)30-32(12,13)23(7,8)9/h17-18,20,26-27H,14-16H2,1-13H3/t17-,18-,20-,24?/m0/s1. The van der Waals surface area contributed by atoms with Gasteiger partial charge in [-0.15, -0.1) is 0 Å². The van der Waals surface area contributed by atoms with E-state index in [-0.39, 0.29) is 29.0 Å². The Hall–Kier alpha value is -0.256. The van der Waals surface area contributed by atoms with Crippen LogP contribution in [0, 0.1) is 0 Å². The molecule has 2 N–H and O–H groups in total. The predicted octanol–water partition coefficient (Wildman–Crippen LogP) is 5.38. The van der Waals surface area contributed by atoms with E-state index < -0.39 is 46.0 Å². The van der Waals surface area contributed by atoms with E-state index in [0.717, 1.165) is 0 Å². The van der Waals surface area contributed by atoms with E-state index in [9.17, 15) is 15.0 Å². The molecule has 4 atom stereocenters. The monoisotopic (exact) mass is 490 g/mol. The molecule has 0 aromatic carbocycles. The Kier molecular flexibility index (Phi) is 8.76. The van der Waals surface area contributed by atoms with Crippen molar-refractivity contribution in [2.24, 2.45) is 0 Å². The highest BCUT2D eigenvalue weighted by molar-refractivity contribution is 6.74. The van der Waals surface area contributed by atoms with Gasteiger partial charge in [0.05, 0.1) is 18.6 Å². The molecule has 0 spiro atoms. The summed E-state index contributed by atoms with van der Waals surface area (Å²) in [6, 6.07) is 0. The van der Waals surface area contributed by atoms with Gasteiger partial charge in [0.1, 0.15) is 17.3 Å². The van der Waals surface area contributed by atoms with Crippen molar-refractivity contribution in [3.05, 3.63) is 0 Å². The number of carbonyl (C=O) groups excluding carboxylic acids is 1. The molecule has 1 aliphatic carbocycles. The van der Waals surface area contributed by atoms with E-state index in [4.69, 9.17) is 13.6 Å². The van der Waals surface area contributed by atoms with Gasteiger partial charge in [-0.2, -0.15) is 0 Å². The van der Waals surface area contributed by atoms with Crippen molar-refractivity contribution in [3.63, 3.8) is 0 Å². The maximum atomic E-state index is 12.6. The molecular weight excluding hydrogens is 440 g/mol. The van der Waals surface area contributed by atoms with Gasteiger partial charge in [-0.25, -0.2) is 0 Å². The van der Waals surface area contributed by atoms with Crippen LogP contribution >= 0.6 is 0 Å². The average molecular weight is 491 g/mol. The zero-order valence-electron chi connectivity index (χ0n) is 22.9. The third kappa shape index (κ3) is 7.63. The summed E-state index contributed by atoms with van der Waals surface area (Å²) in [6.07, 6.45) is -1.72. The molecule has 0 aromatic heterocycles. The van der Waals surface area contributed by atoms with Gasteiger partial charge in [0.2, 0.25) is 0 Å². The quantitative estimate of drug-likeness (QED) is 0.384. The fourth-order valence-electron chi connectivity index (χ4n) is 3.49. The molecule has 0 amide bonds. The molecule has 1 rings (SSSR count). The van der Waals surface area contributed by atoms with Gasteiger partial charge in [-0.3, -0.25) is 4.79 Å². The molecule has 1 unspecified atom stereocenters. The van der Waals surface area contributed by atoms with Gasteiger partial charge in [0, 0.05) is 12.8 Å². The molecule has 1 saturated carbocycles. The summed E-state index contributed by atoms with van der Waals surface area (Å²) in [7, 11) is -4.36.